The highest BCUT2D eigenvalue weighted by Crippen LogP contribution is 2.28. The number of halogens is 2. The SMILES string of the molecule is O=C(NCc1cccc(OC(F)F)c1)C1(O)CCN(c2ccccc2)C1=O. The van der Waals surface area contributed by atoms with E-state index < -0.39 is 24.0 Å². The molecule has 2 amide bonds. The van der Waals surface area contributed by atoms with Gasteiger partial charge in [-0.3, -0.25) is 9.59 Å². The fourth-order valence-corrected chi connectivity index (χ4v) is 2.93. The summed E-state index contributed by atoms with van der Waals surface area (Å²) in [4.78, 5) is 26.4. The second-order valence-corrected chi connectivity index (χ2v) is 6.11. The minimum atomic E-state index is -2.95. The van der Waals surface area contributed by atoms with Gasteiger partial charge in [0.05, 0.1) is 0 Å². The fourth-order valence-electron chi connectivity index (χ4n) is 2.93. The minimum absolute atomic E-state index is 0.0392. The molecule has 1 aliphatic heterocycles. The first-order chi connectivity index (χ1) is 12.9. The first-order valence-electron chi connectivity index (χ1n) is 8.31. The molecule has 0 radical (unpaired) electrons. The lowest BCUT2D eigenvalue weighted by Gasteiger charge is -2.21. The summed E-state index contributed by atoms with van der Waals surface area (Å²) in [6, 6.07) is 14.6. The van der Waals surface area contributed by atoms with Crippen LogP contribution in [0, 0.1) is 0 Å². The van der Waals surface area contributed by atoms with E-state index in [-0.39, 0.29) is 25.3 Å². The maximum atomic E-state index is 12.6. The van der Waals surface area contributed by atoms with Crippen molar-refractivity contribution in [2.75, 3.05) is 11.4 Å². The summed E-state index contributed by atoms with van der Waals surface area (Å²) in [5.41, 5.74) is -1.06. The molecule has 6 nitrogen and oxygen atoms in total. The first kappa shape index (κ1) is 18.8. The summed E-state index contributed by atoms with van der Waals surface area (Å²) in [5, 5.41) is 13.1. The molecular weight excluding hydrogens is 358 g/mol. The summed E-state index contributed by atoms with van der Waals surface area (Å²) >= 11 is 0. The fraction of sp³-hybridized carbons (Fsp3) is 0.263. The van der Waals surface area contributed by atoms with E-state index in [1.54, 1.807) is 36.4 Å². The van der Waals surface area contributed by atoms with Gasteiger partial charge in [-0.1, -0.05) is 30.3 Å². The minimum Gasteiger partial charge on any atom is -0.435 e. The summed E-state index contributed by atoms with van der Waals surface area (Å²) in [6.45, 7) is -2.78. The van der Waals surface area contributed by atoms with Gasteiger partial charge < -0.3 is 20.1 Å². The van der Waals surface area contributed by atoms with Crippen LogP contribution in [-0.4, -0.2) is 35.7 Å². The number of carbonyl (C=O) groups excluding carboxylic acids is 2. The third kappa shape index (κ3) is 4.06. The third-order valence-electron chi connectivity index (χ3n) is 4.32. The number of aliphatic hydroxyl groups is 1. The molecule has 27 heavy (non-hydrogen) atoms. The first-order valence-corrected chi connectivity index (χ1v) is 8.31. The van der Waals surface area contributed by atoms with Gasteiger partial charge in [0.25, 0.3) is 11.8 Å². The van der Waals surface area contributed by atoms with Crippen molar-refractivity contribution in [3.05, 3.63) is 60.2 Å². The molecule has 3 rings (SSSR count). The normalized spacial score (nSPS) is 19.4. The standard InChI is InChI=1S/C19H18F2N2O4/c20-18(21)27-15-8-4-5-13(11-15)12-22-16(24)19(26)9-10-23(17(19)25)14-6-2-1-3-7-14/h1-8,11,18,26H,9-10,12H2,(H,22,24). The van der Waals surface area contributed by atoms with E-state index in [4.69, 9.17) is 0 Å². The van der Waals surface area contributed by atoms with Gasteiger partial charge in [-0.2, -0.15) is 8.78 Å². The van der Waals surface area contributed by atoms with Crippen LogP contribution < -0.4 is 15.0 Å². The molecule has 1 atom stereocenters. The second-order valence-electron chi connectivity index (χ2n) is 6.11. The average Bonchev–Trinajstić information content (AvgIpc) is 2.96. The summed E-state index contributed by atoms with van der Waals surface area (Å²) in [5.74, 6) is -1.56. The van der Waals surface area contributed by atoms with Gasteiger partial charge in [-0.05, 0) is 29.8 Å². The second kappa shape index (κ2) is 7.71. The van der Waals surface area contributed by atoms with Crippen LogP contribution in [0.3, 0.4) is 0 Å². The molecule has 1 aliphatic rings. The van der Waals surface area contributed by atoms with E-state index >= 15 is 0 Å². The van der Waals surface area contributed by atoms with Crippen LogP contribution in [0.15, 0.2) is 54.6 Å². The van der Waals surface area contributed by atoms with E-state index in [0.717, 1.165) is 0 Å². The van der Waals surface area contributed by atoms with Crippen molar-refractivity contribution in [1.29, 1.82) is 0 Å². The van der Waals surface area contributed by atoms with Crippen LogP contribution in [0.5, 0.6) is 5.75 Å². The lowest BCUT2D eigenvalue weighted by molar-refractivity contribution is -0.149. The Labute approximate surface area is 154 Å². The number of anilines is 1. The van der Waals surface area contributed by atoms with E-state index in [9.17, 15) is 23.5 Å². The zero-order valence-electron chi connectivity index (χ0n) is 14.3. The molecule has 1 heterocycles. The number of benzene rings is 2. The molecule has 0 aromatic heterocycles. The number of amides is 2. The maximum absolute atomic E-state index is 12.6. The van der Waals surface area contributed by atoms with E-state index in [1.165, 1.54) is 23.1 Å². The van der Waals surface area contributed by atoms with Crippen molar-refractivity contribution >= 4 is 17.5 Å². The van der Waals surface area contributed by atoms with E-state index in [2.05, 4.69) is 10.1 Å². The van der Waals surface area contributed by atoms with Gasteiger partial charge in [0, 0.05) is 25.2 Å². The molecule has 0 aliphatic carbocycles. The van der Waals surface area contributed by atoms with Crippen molar-refractivity contribution in [3.63, 3.8) is 0 Å². The van der Waals surface area contributed by atoms with Crippen molar-refractivity contribution in [2.24, 2.45) is 0 Å². The molecule has 1 fully saturated rings. The number of ether oxygens (including phenoxy) is 1. The van der Waals surface area contributed by atoms with Crippen LogP contribution in [0.25, 0.3) is 0 Å². The third-order valence-corrected chi connectivity index (χ3v) is 4.32. The van der Waals surface area contributed by atoms with Gasteiger partial charge in [-0.25, -0.2) is 0 Å². The molecule has 0 saturated carbocycles. The number of nitrogens with one attached hydrogen (secondary N) is 1. The Bertz CT molecular complexity index is 831. The Morgan fingerprint density at radius 2 is 1.96 bits per heavy atom. The molecule has 1 unspecified atom stereocenters. The maximum Gasteiger partial charge on any atom is 0.387 e. The molecule has 0 bridgehead atoms. The molecule has 2 aromatic rings. The lowest BCUT2D eigenvalue weighted by Crippen LogP contribution is -2.52. The Morgan fingerprint density at radius 3 is 2.67 bits per heavy atom. The Hall–Kier alpha value is -3.00. The number of hydrogen-bond donors (Lipinski definition) is 2. The molecule has 0 spiro atoms. The molecule has 2 aromatic carbocycles. The lowest BCUT2D eigenvalue weighted by atomic mass is 10.0. The average molecular weight is 376 g/mol. The molecule has 142 valence electrons. The molecular formula is C19H18F2N2O4. The number of carbonyl (C=O) groups is 2. The number of para-hydroxylation sites is 1. The van der Waals surface area contributed by atoms with Crippen LogP contribution >= 0.6 is 0 Å². The predicted molar refractivity (Wildman–Crippen MR) is 93.3 cm³/mol. The van der Waals surface area contributed by atoms with Crippen molar-refractivity contribution in [3.8, 4) is 5.75 Å². The quantitative estimate of drug-likeness (QED) is 0.757. The van der Waals surface area contributed by atoms with Gasteiger partial charge in [-0.15, -0.1) is 0 Å². The van der Waals surface area contributed by atoms with Gasteiger partial charge in [0.1, 0.15) is 5.75 Å². The highest BCUT2D eigenvalue weighted by atomic mass is 19.3. The van der Waals surface area contributed by atoms with Crippen molar-refractivity contribution in [2.45, 2.75) is 25.2 Å². The summed E-state index contributed by atoms with van der Waals surface area (Å²) in [6.07, 6.45) is -0.0406. The van der Waals surface area contributed by atoms with Gasteiger partial charge >= 0.3 is 6.61 Å². The largest absolute Gasteiger partial charge is 0.435 e. The summed E-state index contributed by atoms with van der Waals surface area (Å²) in [7, 11) is 0. The predicted octanol–water partition coefficient (Wildman–Crippen LogP) is 2.07. The van der Waals surface area contributed by atoms with Gasteiger partial charge in [0.2, 0.25) is 5.60 Å². The van der Waals surface area contributed by atoms with Crippen LogP contribution in [0.4, 0.5) is 14.5 Å². The van der Waals surface area contributed by atoms with Crippen LogP contribution in [0.1, 0.15) is 12.0 Å². The Balaban J connectivity index is 1.65. The Kier molecular flexibility index (Phi) is 5.36. The van der Waals surface area contributed by atoms with Crippen molar-refractivity contribution < 1.29 is 28.2 Å². The summed E-state index contributed by atoms with van der Waals surface area (Å²) < 4.78 is 28.9. The smallest absolute Gasteiger partial charge is 0.387 e. The van der Waals surface area contributed by atoms with Crippen LogP contribution in [-0.2, 0) is 16.1 Å². The number of rotatable bonds is 6. The number of nitrogens with zero attached hydrogens (tertiary/aromatic N) is 1. The highest BCUT2D eigenvalue weighted by molar-refractivity contribution is 6.16. The number of hydrogen-bond acceptors (Lipinski definition) is 4. The molecule has 2 N–H and O–H groups in total. The van der Waals surface area contributed by atoms with Crippen molar-refractivity contribution in [1.82, 2.24) is 5.32 Å². The van der Waals surface area contributed by atoms with Crippen LogP contribution in [0.2, 0.25) is 0 Å². The Morgan fingerprint density at radius 1 is 1.22 bits per heavy atom. The molecule has 8 heteroatoms. The topological polar surface area (TPSA) is 78.9 Å². The van der Waals surface area contributed by atoms with E-state index in [0.29, 0.717) is 11.3 Å². The van der Waals surface area contributed by atoms with E-state index in [1.807, 2.05) is 0 Å². The molecule has 1 saturated heterocycles. The zero-order chi connectivity index (χ0) is 19.4. The van der Waals surface area contributed by atoms with Gasteiger partial charge in [0.15, 0.2) is 0 Å². The zero-order valence-corrected chi connectivity index (χ0v) is 14.3. The number of alkyl halides is 2. The monoisotopic (exact) mass is 376 g/mol. The highest BCUT2D eigenvalue weighted by Gasteiger charge is 2.51.